The Labute approximate surface area is 153 Å². The van der Waals surface area contributed by atoms with Crippen LogP contribution in [0.15, 0.2) is 28.9 Å². The van der Waals surface area contributed by atoms with E-state index in [0.29, 0.717) is 5.75 Å². The molecule has 1 atom stereocenters. The van der Waals surface area contributed by atoms with Crippen molar-refractivity contribution in [1.82, 2.24) is 14.9 Å². The van der Waals surface area contributed by atoms with E-state index in [-0.39, 0.29) is 18.2 Å². The third kappa shape index (κ3) is 3.67. The third-order valence-electron chi connectivity index (χ3n) is 3.91. The molecule has 3 rings (SSSR count). The van der Waals surface area contributed by atoms with Gasteiger partial charge in [-0.2, -0.15) is 0 Å². The van der Waals surface area contributed by atoms with E-state index < -0.39 is 17.9 Å². The fourth-order valence-corrected chi connectivity index (χ4v) is 3.09. The maximum absolute atomic E-state index is 12.3. The lowest BCUT2D eigenvalue weighted by Crippen LogP contribution is -2.43. The topological polar surface area (TPSA) is 112 Å². The minimum absolute atomic E-state index is 0.0665. The van der Waals surface area contributed by atoms with E-state index in [0.717, 1.165) is 15.2 Å². The second-order valence-corrected chi connectivity index (χ2v) is 7.01. The summed E-state index contributed by atoms with van der Waals surface area (Å²) in [5.41, 5.74) is 6.17. The van der Waals surface area contributed by atoms with Gasteiger partial charge in [-0.25, -0.2) is 9.97 Å². The zero-order valence-corrected chi connectivity index (χ0v) is 15.4. The van der Waals surface area contributed by atoms with Gasteiger partial charge in [-0.3, -0.25) is 9.59 Å². The summed E-state index contributed by atoms with van der Waals surface area (Å²) in [5, 5.41) is 0.988. The number of oxazole rings is 1. The molecule has 26 heavy (non-hydrogen) atoms. The van der Waals surface area contributed by atoms with Crippen molar-refractivity contribution < 1.29 is 18.7 Å². The summed E-state index contributed by atoms with van der Waals surface area (Å²) in [6.45, 7) is 3.56. The van der Waals surface area contributed by atoms with Gasteiger partial charge in [0.15, 0.2) is 12.3 Å². The van der Waals surface area contributed by atoms with Crippen LogP contribution in [0.5, 0.6) is 5.75 Å². The van der Waals surface area contributed by atoms with Gasteiger partial charge in [-0.1, -0.05) is 0 Å². The Balaban J connectivity index is 1.66. The van der Waals surface area contributed by atoms with Gasteiger partial charge in [0.2, 0.25) is 11.8 Å². The van der Waals surface area contributed by atoms with Gasteiger partial charge in [0.25, 0.3) is 5.91 Å². The van der Waals surface area contributed by atoms with Crippen LogP contribution in [0.4, 0.5) is 0 Å². The maximum Gasteiger partial charge on any atom is 0.276 e. The molecule has 1 aromatic carbocycles. The minimum atomic E-state index is -0.743. The largest absolute Gasteiger partial charge is 0.484 e. The highest BCUT2D eigenvalue weighted by Crippen LogP contribution is 2.26. The van der Waals surface area contributed by atoms with Crippen molar-refractivity contribution in [2.24, 2.45) is 5.73 Å². The highest BCUT2D eigenvalue weighted by Gasteiger charge is 2.24. The van der Waals surface area contributed by atoms with Crippen molar-refractivity contribution in [2.75, 3.05) is 7.05 Å². The van der Waals surface area contributed by atoms with Crippen molar-refractivity contribution in [3.05, 3.63) is 41.1 Å². The molecule has 0 aliphatic heterocycles. The van der Waals surface area contributed by atoms with Gasteiger partial charge in [-0.15, -0.1) is 11.3 Å². The van der Waals surface area contributed by atoms with Gasteiger partial charge in [-0.05, 0) is 26.0 Å². The summed E-state index contributed by atoms with van der Waals surface area (Å²) in [6, 6.07) is 4.89. The van der Waals surface area contributed by atoms with Crippen LogP contribution < -0.4 is 10.5 Å². The molecule has 0 fully saturated rings. The maximum atomic E-state index is 12.3. The van der Waals surface area contributed by atoms with Crippen LogP contribution in [-0.2, 0) is 11.4 Å². The van der Waals surface area contributed by atoms with Crippen molar-refractivity contribution in [2.45, 2.75) is 26.5 Å². The minimum Gasteiger partial charge on any atom is -0.484 e. The number of hydrogen-bond acceptors (Lipinski definition) is 7. The number of hydrogen-bond donors (Lipinski definition) is 1. The summed E-state index contributed by atoms with van der Waals surface area (Å²) in [6.07, 6.45) is 1.23. The lowest BCUT2D eigenvalue weighted by atomic mass is 10.2. The molecule has 0 bridgehead atoms. The molecule has 0 radical (unpaired) electrons. The van der Waals surface area contributed by atoms with E-state index in [4.69, 9.17) is 14.9 Å². The molecule has 136 valence electrons. The SMILES string of the molecule is Cc1nc2cc(OCc3nc(C(=O)N(C)C(C)C(N)=O)co3)ccc2s1. The fraction of sp³-hybridized carbons (Fsp3) is 0.294. The number of rotatable bonds is 6. The molecule has 0 saturated carbocycles. The van der Waals surface area contributed by atoms with Gasteiger partial charge in [0, 0.05) is 13.1 Å². The number of benzene rings is 1. The highest BCUT2D eigenvalue weighted by atomic mass is 32.1. The first-order valence-electron chi connectivity index (χ1n) is 7.86. The zero-order chi connectivity index (χ0) is 18.8. The number of carbonyl (C=O) groups excluding carboxylic acids is 2. The Morgan fingerprint density at radius 2 is 2.15 bits per heavy atom. The van der Waals surface area contributed by atoms with Crippen LogP contribution in [0, 0.1) is 6.92 Å². The Bertz CT molecular complexity index is 965. The van der Waals surface area contributed by atoms with Crippen LogP contribution in [0.3, 0.4) is 0 Å². The van der Waals surface area contributed by atoms with Gasteiger partial charge in [0.1, 0.15) is 18.1 Å². The first-order valence-corrected chi connectivity index (χ1v) is 8.67. The molecule has 2 N–H and O–H groups in total. The van der Waals surface area contributed by atoms with E-state index in [9.17, 15) is 9.59 Å². The predicted molar refractivity (Wildman–Crippen MR) is 95.9 cm³/mol. The molecule has 0 aliphatic carbocycles. The summed E-state index contributed by atoms with van der Waals surface area (Å²) in [7, 11) is 1.48. The summed E-state index contributed by atoms with van der Waals surface area (Å²) in [4.78, 5) is 33.2. The average molecular weight is 374 g/mol. The van der Waals surface area contributed by atoms with Crippen molar-refractivity contribution in [3.63, 3.8) is 0 Å². The lowest BCUT2D eigenvalue weighted by molar-refractivity contribution is -0.121. The Hall–Kier alpha value is -2.94. The van der Waals surface area contributed by atoms with E-state index in [1.807, 2.05) is 25.1 Å². The molecule has 2 heterocycles. The normalized spacial score (nSPS) is 12.1. The van der Waals surface area contributed by atoms with E-state index in [1.54, 1.807) is 18.3 Å². The smallest absolute Gasteiger partial charge is 0.276 e. The molecule has 2 amide bonds. The molecule has 0 spiro atoms. The number of carbonyl (C=O) groups is 2. The predicted octanol–water partition coefficient (Wildman–Crippen LogP) is 2.12. The van der Waals surface area contributed by atoms with Crippen LogP contribution in [-0.4, -0.2) is 39.8 Å². The number of aromatic nitrogens is 2. The Kier molecular flexibility index (Phi) is 4.90. The average Bonchev–Trinajstić information content (AvgIpc) is 3.22. The van der Waals surface area contributed by atoms with E-state index in [2.05, 4.69) is 9.97 Å². The quantitative estimate of drug-likeness (QED) is 0.707. The second-order valence-electron chi connectivity index (χ2n) is 5.77. The highest BCUT2D eigenvalue weighted by molar-refractivity contribution is 7.18. The van der Waals surface area contributed by atoms with Crippen LogP contribution >= 0.6 is 11.3 Å². The fourth-order valence-electron chi connectivity index (χ4n) is 2.28. The first-order chi connectivity index (χ1) is 12.3. The van der Waals surface area contributed by atoms with Gasteiger partial charge in [0.05, 0.1) is 15.2 Å². The number of nitrogens with zero attached hydrogens (tertiary/aromatic N) is 3. The number of amides is 2. The molecule has 8 nitrogen and oxygen atoms in total. The standard InChI is InChI=1S/C17H18N4O4S/c1-9(16(18)22)21(3)17(23)13-7-25-15(20-13)8-24-11-4-5-14-12(6-11)19-10(2)26-14/h4-7,9H,8H2,1-3H3,(H2,18,22). The lowest BCUT2D eigenvalue weighted by Gasteiger charge is -2.20. The van der Waals surface area contributed by atoms with Gasteiger partial charge < -0.3 is 19.8 Å². The van der Waals surface area contributed by atoms with Crippen LogP contribution in [0.1, 0.15) is 28.3 Å². The number of thiazole rings is 1. The number of primary amides is 1. The number of fused-ring (bicyclic) bond motifs is 1. The molecule has 9 heteroatoms. The molecule has 0 saturated heterocycles. The van der Waals surface area contributed by atoms with Crippen LogP contribution in [0.25, 0.3) is 10.2 Å². The van der Waals surface area contributed by atoms with E-state index >= 15 is 0 Å². The molecule has 3 aromatic rings. The van der Waals surface area contributed by atoms with Crippen molar-refractivity contribution >= 4 is 33.4 Å². The van der Waals surface area contributed by atoms with E-state index in [1.165, 1.54) is 18.2 Å². The zero-order valence-electron chi connectivity index (χ0n) is 14.6. The molecular formula is C17H18N4O4S. The Morgan fingerprint density at radius 1 is 1.38 bits per heavy atom. The number of likely N-dealkylation sites (N-methyl/N-ethyl adjacent to an activating group) is 1. The summed E-state index contributed by atoms with van der Waals surface area (Å²) in [5.74, 6) is -0.164. The second kappa shape index (κ2) is 7.12. The first kappa shape index (κ1) is 17.9. The summed E-state index contributed by atoms with van der Waals surface area (Å²) >= 11 is 1.62. The number of ether oxygens (including phenoxy) is 1. The van der Waals surface area contributed by atoms with Gasteiger partial charge >= 0.3 is 0 Å². The molecule has 0 aliphatic rings. The Morgan fingerprint density at radius 3 is 2.88 bits per heavy atom. The summed E-state index contributed by atoms with van der Waals surface area (Å²) < 4.78 is 12.0. The monoisotopic (exact) mass is 374 g/mol. The molecular weight excluding hydrogens is 356 g/mol. The number of aryl methyl sites for hydroxylation is 1. The molecule has 2 aromatic heterocycles. The third-order valence-corrected chi connectivity index (χ3v) is 4.86. The number of nitrogens with two attached hydrogens (primary N) is 1. The van der Waals surface area contributed by atoms with Crippen molar-refractivity contribution in [3.8, 4) is 5.75 Å². The van der Waals surface area contributed by atoms with Crippen molar-refractivity contribution in [1.29, 1.82) is 0 Å². The molecule has 1 unspecified atom stereocenters. The van der Waals surface area contributed by atoms with Crippen LogP contribution in [0.2, 0.25) is 0 Å².